The second-order valence-corrected chi connectivity index (χ2v) is 21.3. The van der Waals surface area contributed by atoms with Gasteiger partial charge in [0, 0.05) is 82.3 Å². The van der Waals surface area contributed by atoms with Crippen molar-refractivity contribution in [2.24, 2.45) is 0 Å². The molecule has 0 amide bonds. The predicted octanol–water partition coefficient (Wildman–Crippen LogP) is 19.5. The van der Waals surface area contributed by atoms with Crippen LogP contribution in [0.3, 0.4) is 0 Å². The molecular weight excluding hydrogens is 997 g/mol. The molecule has 0 aliphatic heterocycles. The van der Waals surface area contributed by atoms with E-state index in [0.29, 0.717) is 5.82 Å². The van der Waals surface area contributed by atoms with Gasteiger partial charge in [0.15, 0.2) is 5.82 Å². The average Bonchev–Trinajstić information content (AvgIpc) is 2.83. The van der Waals surface area contributed by atoms with Crippen molar-refractivity contribution in [3.05, 3.63) is 291 Å². The molecule has 6 nitrogen and oxygen atoms in total. The van der Waals surface area contributed by atoms with Crippen LogP contribution < -0.4 is 0 Å². The summed E-state index contributed by atoms with van der Waals surface area (Å²) in [5.41, 5.74) is 20.3. The van der Waals surface area contributed by atoms with Gasteiger partial charge in [0.25, 0.3) is 0 Å². The molecule has 0 spiro atoms. The molecule has 0 aliphatic rings. The topological polar surface area (TPSA) is 45.5 Å². The Morgan fingerprint density at radius 1 is 0.220 bits per heavy atom. The molecule has 82 heavy (non-hydrogen) atoms. The third-order valence-electron chi connectivity index (χ3n) is 16.8. The molecule has 0 fully saturated rings. The lowest BCUT2D eigenvalue weighted by molar-refractivity contribution is 1.15. The summed E-state index contributed by atoms with van der Waals surface area (Å²) >= 11 is 0. The van der Waals surface area contributed by atoms with Crippen LogP contribution in [0.2, 0.25) is 0 Å². The standard InChI is InChI=1S/C76H48N6/c1-3-22-49(23-4-1)63-48-64(78-76(77-63)50-24-5-2-6-25-50)59-33-21-41-74(82-70-39-19-12-31-58(70)62-47-52(43-45-73(62)82)80-67-36-16-9-28-55(67)56-29-10-17-37-68(56)80)75(59)60-32-13-20-40-71(60)81-69-38-18-11-30-57(69)61-46-51(42-44-72(61)81)79-65-34-14-7-26-53(65)54-27-8-15-35-66(54)79/h1-48H. The minimum Gasteiger partial charge on any atom is -0.309 e. The fraction of sp³-hybridized carbons (Fsp3) is 0. The van der Waals surface area contributed by atoms with Gasteiger partial charge in [-0.1, -0.05) is 200 Å². The van der Waals surface area contributed by atoms with Gasteiger partial charge in [0.1, 0.15) is 0 Å². The molecule has 0 radical (unpaired) electrons. The quantitative estimate of drug-likeness (QED) is 0.152. The Bertz CT molecular complexity index is 5240. The van der Waals surface area contributed by atoms with E-state index in [0.717, 1.165) is 84.0 Å². The zero-order valence-corrected chi connectivity index (χ0v) is 44.4. The van der Waals surface area contributed by atoms with E-state index in [2.05, 4.69) is 303 Å². The van der Waals surface area contributed by atoms with E-state index < -0.39 is 0 Å². The molecule has 0 unspecified atom stereocenters. The summed E-state index contributed by atoms with van der Waals surface area (Å²) in [7, 11) is 0. The average molecular weight is 1050 g/mol. The van der Waals surface area contributed by atoms with E-state index >= 15 is 0 Å². The highest BCUT2D eigenvalue weighted by Gasteiger charge is 2.26. The summed E-state index contributed by atoms with van der Waals surface area (Å²) in [6.07, 6.45) is 0. The van der Waals surface area contributed by atoms with Crippen molar-refractivity contribution in [2.75, 3.05) is 0 Å². The Morgan fingerprint density at radius 3 is 1.07 bits per heavy atom. The molecule has 0 N–H and O–H groups in total. The van der Waals surface area contributed by atoms with Crippen molar-refractivity contribution >= 4 is 87.2 Å². The van der Waals surface area contributed by atoms with Gasteiger partial charge in [-0.05, 0) is 91.0 Å². The summed E-state index contributed by atoms with van der Waals surface area (Å²) in [6.45, 7) is 0. The van der Waals surface area contributed by atoms with Crippen molar-refractivity contribution in [1.82, 2.24) is 28.2 Å². The van der Waals surface area contributed by atoms with Crippen LogP contribution >= 0.6 is 0 Å². The van der Waals surface area contributed by atoms with Crippen LogP contribution in [0.25, 0.3) is 155 Å². The predicted molar refractivity (Wildman–Crippen MR) is 341 cm³/mol. The van der Waals surface area contributed by atoms with E-state index in [1.54, 1.807) is 0 Å². The monoisotopic (exact) mass is 1040 g/mol. The van der Waals surface area contributed by atoms with Crippen molar-refractivity contribution in [3.8, 4) is 67.8 Å². The van der Waals surface area contributed by atoms with Crippen LogP contribution in [0, 0.1) is 0 Å². The second kappa shape index (κ2) is 18.2. The molecule has 0 atom stereocenters. The Morgan fingerprint density at radius 2 is 0.573 bits per heavy atom. The van der Waals surface area contributed by atoms with Crippen molar-refractivity contribution in [2.45, 2.75) is 0 Å². The molecule has 17 aromatic rings. The number of rotatable bonds is 8. The molecule has 0 aliphatic carbocycles. The molecule has 12 aromatic carbocycles. The minimum absolute atomic E-state index is 0.664. The van der Waals surface area contributed by atoms with Gasteiger partial charge in [-0.25, -0.2) is 9.97 Å². The zero-order chi connectivity index (χ0) is 53.8. The molecule has 0 bridgehead atoms. The van der Waals surface area contributed by atoms with Crippen LogP contribution in [-0.2, 0) is 0 Å². The molecule has 382 valence electrons. The normalized spacial score (nSPS) is 11.9. The lowest BCUT2D eigenvalue weighted by Gasteiger charge is -2.22. The van der Waals surface area contributed by atoms with Gasteiger partial charge in [-0.3, -0.25) is 0 Å². The third-order valence-corrected chi connectivity index (χ3v) is 16.8. The summed E-state index contributed by atoms with van der Waals surface area (Å²) in [5, 5.41) is 9.66. The maximum Gasteiger partial charge on any atom is 0.160 e. The van der Waals surface area contributed by atoms with Crippen LogP contribution in [0.15, 0.2) is 291 Å². The maximum atomic E-state index is 5.56. The van der Waals surface area contributed by atoms with Gasteiger partial charge in [0.05, 0.1) is 66.9 Å². The highest BCUT2D eigenvalue weighted by Crippen LogP contribution is 2.46. The van der Waals surface area contributed by atoms with E-state index in [1.807, 2.05) is 6.07 Å². The number of fused-ring (bicyclic) bond motifs is 12. The molecule has 6 heteroatoms. The van der Waals surface area contributed by atoms with Crippen molar-refractivity contribution in [3.63, 3.8) is 0 Å². The largest absolute Gasteiger partial charge is 0.309 e. The Balaban J connectivity index is 0.949. The van der Waals surface area contributed by atoms with Gasteiger partial charge in [0.2, 0.25) is 0 Å². The number of aromatic nitrogens is 6. The zero-order valence-electron chi connectivity index (χ0n) is 44.4. The van der Waals surface area contributed by atoms with Crippen LogP contribution in [0.4, 0.5) is 0 Å². The van der Waals surface area contributed by atoms with E-state index in [9.17, 15) is 0 Å². The van der Waals surface area contributed by atoms with E-state index in [-0.39, 0.29) is 0 Å². The molecule has 17 rings (SSSR count). The molecule has 0 saturated heterocycles. The first kappa shape index (κ1) is 45.9. The Hall–Kier alpha value is -11.1. The number of hydrogen-bond acceptors (Lipinski definition) is 2. The number of para-hydroxylation sites is 7. The molecule has 5 heterocycles. The van der Waals surface area contributed by atoms with Crippen LogP contribution in [0.1, 0.15) is 0 Å². The maximum absolute atomic E-state index is 5.56. The molecular formula is C76H48N6. The van der Waals surface area contributed by atoms with Crippen molar-refractivity contribution in [1.29, 1.82) is 0 Å². The van der Waals surface area contributed by atoms with Crippen molar-refractivity contribution < 1.29 is 0 Å². The summed E-state index contributed by atoms with van der Waals surface area (Å²) in [4.78, 5) is 10.8. The summed E-state index contributed by atoms with van der Waals surface area (Å²) in [5.74, 6) is 0.664. The minimum atomic E-state index is 0.664. The molecule has 0 saturated carbocycles. The van der Waals surface area contributed by atoms with E-state index in [1.165, 1.54) is 65.2 Å². The van der Waals surface area contributed by atoms with Gasteiger partial charge in [-0.2, -0.15) is 0 Å². The van der Waals surface area contributed by atoms with Gasteiger partial charge in [-0.15, -0.1) is 0 Å². The number of nitrogens with zero attached hydrogens (tertiary/aromatic N) is 6. The molecule has 5 aromatic heterocycles. The lowest BCUT2D eigenvalue weighted by Crippen LogP contribution is -2.04. The van der Waals surface area contributed by atoms with Crippen LogP contribution in [-0.4, -0.2) is 28.2 Å². The Kier molecular flexibility index (Phi) is 10.2. The first-order chi connectivity index (χ1) is 40.7. The smallest absolute Gasteiger partial charge is 0.160 e. The van der Waals surface area contributed by atoms with E-state index in [4.69, 9.17) is 9.97 Å². The first-order valence-electron chi connectivity index (χ1n) is 28.0. The first-order valence-corrected chi connectivity index (χ1v) is 28.0. The fourth-order valence-electron chi connectivity index (χ4n) is 13.3. The van der Waals surface area contributed by atoms with Crippen LogP contribution in [0.5, 0.6) is 0 Å². The number of hydrogen-bond donors (Lipinski definition) is 0. The number of benzene rings is 12. The third kappa shape index (κ3) is 6.95. The van der Waals surface area contributed by atoms with Gasteiger partial charge < -0.3 is 18.3 Å². The highest BCUT2D eigenvalue weighted by atomic mass is 15.0. The summed E-state index contributed by atoms with van der Waals surface area (Å²) in [6, 6.07) is 105. The highest BCUT2D eigenvalue weighted by molar-refractivity contribution is 6.15. The summed E-state index contributed by atoms with van der Waals surface area (Å²) < 4.78 is 9.79. The Labute approximate surface area is 471 Å². The SMILES string of the molecule is c1ccc(-c2cc(-c3cccc(-n4c5ccccc5c5cc(-n6c7ccccc7c7ccccc76)ccc54)c3-c3ccccc3-n3c4ccccc4c4cc(-n5c6ccccc6c6ccccc65)ccc43)nc(-c3ccccc3)n2)cc1. The second-order valence-electron chi connectivity index (χ2n) is 21.3. The fourth-order valence-corrected chi connectivity index (χ4v) is 13.3. The van der Waals surface area contributed by atoms with Gasteiger partial charge >= 0.3 is 0 Å². The lowest BCUT2D eigenvalue weighted by atomic mass is 9.93.